The van der Waals surface area contributed by atoms with E-state index in [-0.39, 0.29) is 5.91 Å². The van der Waals surface area contributed by atoms with Crippen LogP contribution in [0, 0.1) is 0 Å². The largest absolute Gasteiger partial charge is 0.491 e. The predicted octanol–water partition coefficient (Wildman–Crippen LogP) is 5.25. The monoisotopic (exact) mass is 511 g/mol. The van der Waals surface area contributed by atoms with E-state index in [0.717, 1.165) is 24.5 Å². The van der Waals surface area contributed by atoms with E-state index in [1.807, 2.05) is 12.1 Å². The van der Waals surface area contributed by atoms with Gasteiger partial charge < -0.3 is 33.7 Å². The molecule has 0 fully saturated rings. The molecule has 8 nitrogen and oxygen atoms in total. The first-order valence-corrected chi connectivity index (χ1v) is 13.6. The van der Waals surface area contributed by atoms with Gasteiger partial charge in [0.15, 0.2) is 0 Å². The number of ether oxygens (including phenoxy) is 6. The topological polar surface area (TPSA) is 84.5 Å². The van der Waals surface area contributed by atoms with Crippen molar-refractivity contribution in [3.63, 3.8) is 0 Å². The second kappa shape index (κ2) is 25.0. The van der Waals surface area contributed by atoms with E-state index in [0.29, 0.717) is 66.1 Å². The van der Waals surface area contributed by atoms with Crippen molar-refractivity contribution in [1.82, 2.24) is 0 Å². The van der Waals surface area contributed by atoms with E-state index in [4.69, 9.17) is 28.4 Å². The summed E-state index contributed by atoms with van der Waals surface area (Å²) in [4.78, 5) is 11.0. The van der Waals surface area contributed by atoms with Gasteiger partial charge in [-0.3, -0.25) is 4.79 Å². The van der Waals surface area contributed by atoms with E-state index >= 15 is 0 Å². The number of hydrogen-bond acceptors (Lipinski definition) is 7. The number of amides is 1. The Bertz CT molecular complexity index is 612. The maximum Gasteiger partial charge on any atom is 0.221 e. The lowest BCUT2D eigenvalue weighted by Gasteiger charge is -2.09. The van der Waals surface area contributed by atoms with Gasteiger partial charge in [-0.15, -0.1) is 0 Å². The summed E-state index contributed by atoms with van der Waals surface area (Å²) in [5.74, 6) is 0.636. The SMILES string of the molecule is CCCCCCCCCCOCCOCCOCCOCCOCCOc1ccc(NC(C)=O)cc1. The molecule has 0 bridgehead atoms. The Morgan fingerprint density at radius 3 is 1.47 bits per heavy atom. The quantitative estimate of drug-likeness (QED) is 0.170. The smallest absolute Gasteiger partial charge is 0.221 e. The van der Waals surface area contributed by atoms with Gasteiger partial charge in [-0.05, 0) is 30.7 Å². The van der Waals surface area contributed by atoms with Gasteiger partial charge in [0, 0.05) is 19.2 Å². The van der Waals surface area contributed by atoms with Gasteiger partial charge in [-0.2, -0.15) is 0 Å². The molecule has 36 heavy (non-hydrogen) atoms. The molecule has 1 aromatic carbocycles. The average Bonchev–Trinajstić information content (AvgIpc) is 2.87. The van der Waals surface area contributed by atoms with Gasteiger partial charge in [0.2, 0.25) is 5.91 Å². The number of nitrogens with one attached hydrogen (secondary N) is 1. The molecule has 1 aromatic rings. The minimum atomic E-state index is -0.0968. The molecule has 0 saturated carbocycles. The van der Waals surface area contributed by atoms with Gasteiger partial charge in [0.05, 0.1) is 59.5 Å². The first-order valence-electron chi connectivity index (χ1n) is 13.6. The van der Waals surface area contributed by atoms with Crippen LogP contribution in [0.4, 0.5) is 5.69 Å². The third-order valence-electron chi connectivity index (χ3n) is 5.30. The standard InChI is InChI=1S/C28H49NO7/c1-3-4-5-6-7-8-9-10-15-31-16-17-32-18-19-33-20-21-34-22-23-35-24-25-36-28-13-11-27(12-14-28)29-26(2)30/h11-14H,3-10,15-25H2,1-2H3,(H,29,30). The molecule has 0 aliphatic carbocycles. The van der Waals surface area contributed by atoms with Gasteiger partial charge in [-0.1, -0.05) is 51.9 Å². The van der Waals surface area contributed by atoms with Gasteiger partial charge in [0.1, 0.15) is 12.4 Å². The lowest BCUT2D eigenvalue weighted by atomic mass is 10.1. The third kappa shape index (κ3) is 21.6. The molecule has 0 spiro atoms. The normalized spacial score (nSPS) is 11.1. The number of hydrogen-bond donors (Lipinski definition) is 1. The van der Waals surface area contributed by atoms with E-state index in [1.54, 1.807) is 12.1 Å². The Balaban J connectivity index is 1.72. The molecule has 8 heteroatoms. The second-order valence-electron chi connectivity index (χ2n) is 8.59. The molecule has 0 unspecified atom stereocenters. The van der Waals surface area contributed by atoms with Crippen LogP contribution >= 0.6 is 0 Å². The second-order valence-corrected chi connectivity index (χ2v) is 8.59. The number of anilines is 1. The van der Waals surface area contributed by atoms with Crippen LogP contribution < -0.4 is 10.1 Å². The van der Waals surface area contributed by atoms with Crippen LogP contribution in [0.1, 0.15) is 65.2 Å². The average molecular weight is 512 g/mol. The lowest BCUT2D eigenvalue weighted by molar-refractivity contribution is -0.114. The molecule has 0 aliphatic heterocycles. The Morgan fingerprint density at radius 2 is 1.00 bits per heavy atom. The summed E-state index contributed by atoms with van der Waals surface area (Å²) < 4.78 is 33.2. The first-order chi connectivity index (χ1) is 17.7. The molecule has 0 aliphatic rings. The highest BCUT2D eigenvalue weighted by atomic mass is 16.6. The molecule has 0 radical (unpaired) electrons. The van der Waals surface area contributed by atoms with Crippen molar-refractivity contribution in [2.24, 2.45) is 0 Å². The highest BCUT2D eigenvalue weighted by molar-refractivity contribution is 5.88. The Hall–Kier alpha value is -1.71. The van der Waals surface area contributed by atoms with Crippen LogP contribution in [-0.4, -0.2) is 78.6 Å². The van der Waals surface area contributed by atoms with Crippen LogP contribution in [0.5, 0.6) is 5.75 Å². The van der Waals surface area contributed by atoms with Crippen molar-refractivity contribution in [2.75, 3.05) is 78.0 Å². The summed E-state index contributed by atoms with van der Waals surface area (Å²) in [6.07, 6.45) is 10.5. The number of carbonyl (C=O) groups is 1. The van der Waals surface area contributed by atoms with Crippen molar-refractivity contribution in [1.29, 1.82) is 0 Å². The van der Waals surface area contributed by atoms with Crippen molar-refractivity contribution < 1.29 is 33.2 Å². The van der Waals surface area contributed by atoms with Crippen LogP contribution in [0.3, 0.4) is 0 Å². The molecular weight excluding hydrogens is 462 g/mol. The number of unbranched alkanes of at least 4 members (excludes halogenated alkanes) is 7. The van der Waals surface area contributed by atoms with E-state index in [9.17, 15) is 4.79 Å². The van der Waals surface area contributed by atoms with Crippen molar-refractivity contribution in [3.05, 3.63) is 24.3 Å². The molecule has 0 heterocycles. The maximum absolute atomic E-state index is 11.0. The van der Waals surface area contributed by atoms with Gasteiger partial charge in [0.25, 0.3) is 0 Å². The number of rotatable bonds is 26. The Kier molecular flexibility index (Phi) is 22.4. The fourth-order valence-electron chi connectivity index (χ4n) is 3.38. The summed E-state index contributed by atoms with van der Waals surface area (Å²) in [5, 5.41) is 2.71. The predicted molar refractivity (Wildman–Crippen MR) is 143 cm³/mol. The van der Waals surface area contributed by atoms with E-state index in [2.05, 4.69) is 12.2 Å². The zero-order valence-corrected chi connectivity index (χ0v) is 22.6. The fraction of sp³-hybridized carbons (Fsp3) is 0.750. The van der Waals surface area contributed by atoms with Gasteiger partial charge >= 0.3 is 0 Å². The summed E-state index contributed by atoms with van der Waals surface area (Å²) in [6.45, 7) is 9.97. The maximum atomic E-state index is 11.0. The summed E-state index contributed by atoms with van der Waals surface area (Å²) >= 11 is 0. The van der Waals surface area contributed by atoms with Crippen LogP contribution in [0.25, 0.3) is 0 Å². The summed E-state index contributed by atoms with van der Waals surface area (Å²) in [5.41, 5.74) is 0.744. The molecule has 1 amide bonds. The molecule has 0 atom stereocenters. The number of carbonyl (C=O) groups excluding carboxylic acids is 1. The zero-order chi connectivity index (χ0) is 25.9. The molecule has 0 aromatic heterocycles. The summed E-state index contributed by atoms with van der Waals surface area (Å²) in [7, 11) is 0. The van der Waals surface area contributed by atoms with E-state index in [1.165, 1.54) is 51.9 Å². The summed E-state index contributed by atoms with van der Waals surface area (Å²) in [6, 6.07) is 7.22. The van der Waals surface area contributed by atoms with Gasteiger partial charge in [-0.25, -0.2) is 0 Å². The van der Waals surface area contributed by atoms with Crippen LogP contribution in [0.2, 0.25) is 0 Å². The molecular formula is C28H49NO7. The molecule has 208 valence electrons. The first kappa shape index (κ1) is 32.3. The van der Waals surface area contributed by atoms with Crippen molar-refractivity contribution in [3.8, 4) is 5.75 Å². The minimum Gasteiger partial charge on any atom is -0.491 e. The highest BCUT2D eigenvalue weighted by Gasteiger charge is 1.98. The van der Waals surface area contributed by atoms with Crippen LogP contribution in [-0.2, 0) is 28.5 Å². The number of benzene rings is 1. The zero-order valence-electron chi connectivity index (χ0n) is 22.6. The lowest BCUT2D eigenvalue weighted by Crippen LogP contribution is -2.14. The molecule has 1 N–H and O–H groups in total. The molecule has 0 saturated heterocycles. The third-order valence-corrected chi connectivity index (χ3v) is 5.30. The van der Waals surface area contributed by atoms with E-state index < -0.39 is 0 Å². The minimum absolute atomic E-state index is 0.0968. The van der Waals surface area contributed by atoms with Crippen LogP contribution in [0.15, 0.2) is 24.3 Å². The molecule has 1 rings (SSSR count). The highest BCUT2D eigenvalue weighted by Crippen LogP contribution is 2.15. The fourth-order valence-corrected chi connectivity index (χ4v) is 3.38. The Morgan fingerprint density at radius 1 is 0.583 bits per heavy atom. The van der Waals surface area contributed by atoms with Crippen molar-refractivity contribution >= 4 is 11.6 Å². The Labute approximate surface area is 218 Å². The van der Waals surface area contributed by atoms with Crippen molar-refractivity contribution in [2.45, 2.75) is 65.2 Å².